The fourth-order valence-corrected chi connectivity index (χ4v) is 2.54. The molecule has 2 saturated carbocycles. The molecule has 3 heteroatoms. The molecular weight excluding hydrogens is 162 g/mol. The van der Waals surface area contributed by atoms with Crippen molar-refractivity contribution < 1.29 is 5.11 Å². The first-order chi connectivity index (χ1) is 4.77. The molecule has 2 bridgehead atoms. The number of hydrogen-bond donors (Lipinski definition) is 2. The average molecular weight is 178 g/mol. The maximum Gasteiger partial charge on any atom is 0.0546 e. The molecule has 3 N–H and O–H groups in total. The lowest BCUT2D eigenvalue weighted by atomic mass is 9.83. The quantitative estimate of drug-likeness (QED) is 0.578. The van der Waals surface area contributed by atoms with E-state index >= 15 is 0 Å². The highest BCUT2D eigenvalue weighted by atomic mass is 35.5. The zero-order chi connectivity index (χ0) is 7.14. The van der Waals surface area contributed by atoms with E-state index in [0.29, 0.717) is 17.9 Å². The van der Waals surface area contributed by atoms with Gasteiger partial charge >= 0.3 is 0 Å². The summed E-state index contributed by atoms with van der Waals surface area (Å²) in [7, 11) is 0. The van der Waals surface area contributed by atoms with Crippen LogP contribution in [0.1, 0.15) is 25.7 Å². The van der Waals surface area contributed by atoms with Gasteiger partial charge in [0, 0.05) is 6.04 Å². The van der Waals surface area contributed by atoms with Gasteiger partial charge in [0.05, 0.1) is 6.10 Å². The van der Waals surface area contributed by atoms with Gasteiger partial charge in [-0.3, -0.25) is 0 Å². The summed E-state index contributed by atoms with van der Waals surface area (Å²) in [6.45, 7) is 0. The third-order valence-electron chi connectivity index (χ3n) is 3.15. The Morgan fingerprint density at radius 1 is 1.09 bits per heavy atom. The van der Waals surface area contributed by atoms with Crippen LogP contribution in [0.25, 0.3) is 0 Å². The van der Waals surface area contributed by atoms with E-state index in [9.17, 15) is 5.11 Å². The standard InChI is InChI=1S/C8H15NO.ClH/c9-8-5-1-2-6(8)4-7(10)3-5;/h5-8,10H,1-4,9H2;1H. The summed E-state index contributed by atoms with van der Waals surface area (Å²) in [5.74, 6) is 1.27. The van der Waals surface area contributed by atoms with E-state index in [0.717, 1.165) is 12.8 Å². The third kappa shape index (κ3) is 1.53. The summed E-state index contributed by atoms with van der Waals surface area (Å²) in [6, 6.07) is 0.406. The monoisotopic (exact) mass is 177 g/mol. The van der Waals surface area contributed by atoms with E-state index < -0.39 is 0 Å². The van der Waals surface area contributed by atoms with Crippen LogP contribution in [-0.2, 0) is 0 Å². The van der Waals surface area contributed by atoms with Crippen molar-refractivity contribution in [1.82, 2.24) is 0 Å². The first-order valence-corrected chi connectivity index (χ1v) is 4.21. The second-order valence-electron chi connectivity index (χ2n) is 3.80. The van der Waals surface area contributed by atoms with Crippen LogP contribution >= 0.6 is 12.4 Å². The molecule has 0 aromatic carbocycles. The molecule has 0 heterocycles. The topological polar surface area (TPSA) is 46.2 Å². The molecule has 2 atom stereocenters. The highest BCUT2D eigenvalue weighted by Gasteiger charge is 2.39. The number of aliphatic hydroxyl groups is 1. The molecule has 2 unspecified atom stereocenters. The Morgan fingerprint density at radius 3 is 2.00 bits per heavy atom. The van der Waals surface area contributed by atoms with E-state index in [1.807, 2.05) is 0 Å². The van der Waals surface area contributed by atoms with Gasteiger partial charge in [-0.25, -0.2) is 0 Å². The zero-order valence-corrected chi connectivity index (χ0v) is 7.39. The summed E-state index contributed by atoms with van der Waals surface area (Å²) in [5, 5.41) is 9.35. The van der Waals surface area contributed by atoms with Crippen molar-refractivity contribution in [1.29, 1.82) is 0 Å². The highest BCUT2D eigenvalue weighted by molar-refractivity contribution is 5.85. The van der Waals surface area contributed by atoms with Crippen molar-refractivity contribution >= 4 is 12.4 Å². The Kier molecular flexibility index (Phi) is 2.79. The molecule has 0 radical (unpaired) electrons. The Bertz CT molecular complexity index is 128. The Morgan fingerprint density at radius 2 is 1.55 bits per heavy atom. The smallest absolute Gasteiger partial charge is 0.0546 e. The summed E-state index contributed by atoms with van der Waals surface area (Å²) in [6.07, 6.45) is 4.37. The SMILES string of the molecule is Cl.NC1C2CCC1CC(O)C2. The number of aliphatic hydroxyl groups excluding tert-OH is 1. The van der Waals surface area contributed by atoms with Gasteiger partial charge in [-0.15, -0.1) is 12.4 Å². The first-order valence-electron chi connectivity index (χ1n) is 4.21. The van der Waals surface area contributed by atoms with Gasteiger partial charge in [0.1, 0.15) is 0 Å². The molecule has 0 spiro atoms. The van der Waals surface area contributed by atoms with E-state index in [1.54, 1.807) is 0 Å². The maximum absolute atomic E-state index is 9.35. The van der Waals surface area contributed by atoms with Crippen LogP contribution in [0.2, 0.25) is 0 Å². The number of hydrogen-bond acceptors (Lipinski definition) is 2. The molecule has 66 valence electrons. The van der Waals surface area contributed by atoms with E-state index in [1.165, 1.54) is 12.8 Å². The molecule has 0 aromatic heterocycles. The molecule has 2 nitrogen and oxygen atoms in total. The number of halogens is 1. The molecule has 2 fully saturated rings. The molecule has 0 aromatic rings. The molecule has 0 amide bonds. The lowest BCUT2D eigenvalue weighted by molar-refractivity contribution is 0.0850. The van der Waals surface area contributed by atoms with Crippen molar-refractivity contribution in [3.8, 4) is 0 Å². The van der Waals surface area contributed by atoms with Crippen molar-refractivity contribution in [2.45, 2.75) is 37.8 Å². The molecule has 0 saturated heterocycles. The van der Waals surface area contributed by atoms with Gasteiger partial charge in [-0.1, -0.05) is 0 Å². The van der Waals surface area contributed by atoms with Crippen LogP contribution < -0.4 is 5.73 Å². The van der Waals surface area contributed by atoms with Crippen molar-refractivity contribution in [3.05, 3.63) is 0 Å². The van der Waals surface area contributed by atoms with Crippen LogP contribution in [0, 0.1) is 11.8 Å². The van der Waals surface area contributed by atoms with Gasteiger partial charge in [-0.05, 0) is 37.5 Å². The van der Waals surface area contributed by atoms with Crippen LogP contribution in [0.5, 0.6) is 0 Å². The van der Waals surface area contributed by atoms with Crippen LogP contribution in [0.15, 0.2) is 0 Å². The molecule has 0 aliphatic heterocycles. The molecule has 2 rings (SSSR count). The van der Waals surface area contributed by atoms with E-state index in [-0.39, 0.29) is 18.5 Å². The fraction of sp³-hybridized carbons (Fsp3) is 1.00. The second-order valence-corrected chi connectivity index (χ2v) is 3.80. The summed E-state index contributed by atoms with van der Waals surface area (Å²) in [5.41, 5.74) is 5.94. The van der Waals surface area contributed by atoms with Crippen molar-refractivity contribution in [2.24, 2.45) is 17.6 Å². The molecular formula is C8H16ClNO. The summed E-state index contributed by atoms with van der Waals surface area (Å²) < 4.78 is 0. The predicted molar refractivity (Wildman–Crippen MR) is 46.7 cm³/mol. The van der Waals surface area contributed by atoms with Gasteiger partial charge in [0.2, 0.25) is 0 Å². The molecule has 2 aliphatic rings. The Hall–Kier alpha value is 0.210. The zero-order valence-electron chi connectivity index (χ0n) is 6.57. The van der Waals surface area contributed by atoms with Gasteiger partial charge in [0.15, 0.2) is 0 Å². The van der Waals surface area contributed by atoms with Gasteiger partial charge < -0.3 is 10.8 Å². The largest absolute Gasteiger partial charge is 0.393 e. The lowest BCUT2D eigenvalue weighted by Gasteiger charge is -2.29. The Balaban J connectivity index is 0.000000605. The highest BCUT2D eigenvalue weighted by Crippen LogP contribution is 2.40. The molecule has 2 aliphatic carbocycles. The minimum Gasteiger partial charge on any atom is -0.393 e. The van der Waals surface area contributed by atoms with E-state index in [2.05, 4.69) is 0 Å². The first kappa shape index (κ1) is 9.30. The second kappa shape index (κ2) is 3.30. The number of nitrogens with two attached hydrogens (primary N) is 1. The van der Waals surface area contributed by atoms with Crippen molar-refractivity contribution in [2.75, 3.05) is 0 Å². The van der Waals surface area contributed by atoms with Gasteiger partial charge in [0.25, 0.3) is 0 Å². The molecule has 11 heavy (non-hydrogen) atoms. The normalized spacial score (nSPS) is 48.5. The number of fused-ring (bicyclic) bond motifs is 2. The van der Waals surface area contributed by atoms with Gasteiger partial charge in [-0.2, -0.15) is 0 Å². The Labute approximate surface area is 73.6 Å². The fourth-order valence-electron chi connectivity index (χ4n) is 2.54. The minimum absolute atomic E-state index is 0. The van der Waals surface area contributed by atoms with Crippen LogP contribution in [0.3, 0.4) is 0 Å². The minimum atomic E-state index is -0.0442. The van der Waals surface area contributed by atoms with E-state index in [4.69, 9.17) is 5.73 Å². The average Bonchev–Trinajstić information content (AvgIpc) is 2.20. The van der Waals surface area contributed by atoms with Crippen molar-refractivity contribution in [3.63, 3.8) is 0 Å². The van der Waals surface area contributed by atoms with Crippen LogP contribution in [-0.4, -0.2) is 17.3 Å². The van der Waals surface area contributed by atoms with Crippen LogP contribution in [0.4, 0.5) is 0 Å². The maximum atomic E-state index is 9.35. The number of rotatable bonds is 0. The predicted octanol–water partition coefficient (Wildman–Crippen LogP) is 0.916. The summed E-state index contributed by atoms with van der Waals surface area (Å²) >= 11 is 0. The third-order valence-corrected chi connectivity index (χ3v) is 3.15. The lowest BCUT2D eigenvalue weighted by Crippen LogP contribution is -2.39. The summed E-state index contributed by atoms with van der Waals surface area (Å²) in [4.78, 5) is 0.